The summed E-state index contributed by atoms with van der Waals surface area (Å²) < 4.78 is 11.5. The van der Waals surface area contributed by atoms with Gasteiger partial charge in [0.05, 0.1) is 23.6 Å². The van der Waals surface area contributed by atoms with E-state index in [4.69, 9.17) is 21.1 Å². The monoisotopic (exact) mass is 441 g/mol. The molecule has 1 aromatic heterocycles. The molecular formula is C23H24ClN3O4. The van der Waals surface area contributed by atoms with Crippen LogP contribution in [0.2, 0.25) is 5.02 Å². The van der Waals surface area contributed by atoms with Gasteiger partial charge in [0.15, 0.2) is 6.61 Å². The molecule has 4 rings (SSSR count). The molecule has 2 heterocycles. The van der Waals surface area contributed by atoms with Crippen LogP contribution in [0.15, 0.2) is 47.3 Å². The van der Waals surface area contributed by atoms with E-state index in [1.807, 2.05) is 13.0 Å². The quantitative estimate of drug-likeness (QED) is 0.606. The van der Waals surface area contributed by atoms with Crippen LogP contribution in [0.5, 0.6) is 5.75 Å². The van der Waals surface area contributed by atoms with Crippen LogP contribution in [0, 0.1) is 6.92 Å². The maximum absolute atomic E-state index is 13.0. The highest BCUT2D eigenvalue weighted by atomic mass is 35.5. The topological polar surface area (TPSA) is 84.5 Å². The lowest BCUT2D eigenvalue weighted by molar-refractivity contribution is -0.135. The molecule has 7 nitrogen and oxygen atoms in total. The smallest absolute Gasteiger partial charge is 0.261 e. The third-order valence-corrected chi connectivity index (χ3v) is 5.53. The third-order valence-electron chi connectivity index (χ3n) is 5.29. The van der Waals surface area contributed by atoms with Gasteiger partial charge in [0, 0.05) is 18.2 Å². The number of aromatic amines is 1. The van der Waals surface area contributed by atoms with Gasteiger partial charge in [0.25, 0.3) is 11.5 Å². The molecular weight excluding hydrogens is 418 g/mol. The van der Waals surface area contributed by atoms with Crippen LogP contribution in [0.4, 0.5) is 0 Å². The van der Waals surface area contributed by atoms with Gasteiger partial charge in [-0.3, -0.25) is 9.59 Å². The maximum atomic E-state index is 13.0. The highest BCUT2D eigenvalue weighted by Crippen LogP contribution is 2.22. The molecule has 8 heteroatoms. The lowest BCUT2D eigenvalue weighted by atomic mass is 10.2. The van der Waals surface area contributed by atoms with Crippen LogP contribution in [0.1, 0.15) is 24.2 Å². The zero-order chi connectivity index (χ0) is 21.8. The molecule has 1 saturated heterocycles. The summed E-state index contributed by atoms with van der Waals surface area (Å²) in [6, 6.07) is 12.4. The Bertz CT molecular complexity index is 1140. The first-order valence-corrected chi connectivity index (χ1v) is 10.6. The number of para-hydroxylation sites is 1. The summed E-state index contributed by atoms with van der Waals surface area (Å²) in [5.41, 5.74) is 1.23. The Kier molecular flexibility index (Phi) is 6.53. The van der Waals surface area contributed by atoms with Crippen molar-refractivity contribution in [2.75, 3.05) is 19.8 Å². The predicted molar refractivity (Wildman–Crippen MR) is 118 cm³/mol. The predicted octanol–water partition coefficient (Wildman–Crippen LogP) is 3.47. The number of ether oxygens (including phenoxy) is 2. The normalized spacial score (nSPS) is 15.9. The maximum Gasteiger partial charge on any atom is 0.261 e. The Morgan fingerprint density at radius 1 is 1.32 bits per heavy atom. The van der Waals surface area contributed by atoms with Crippen LogP contribution in [0.3, 0.4) is 0 Å². The van der Waals surface area contributed by atoms with Crippen LogP contribution in [0.25, 0.3) is 10.9 Å². The molecule has 1 fully saturated rings. The van der Waals surface area contributed by atoms with E-state index in [0.29, 0.717) is 40.7 Å². The van der Waals surface area contributed by atoms with Crippen molar-refractivity contribution in [3.05, 3.63) is 69.2 Å². The summed E-state index contributed by atoms with van der Waals surface area (Å²) in [7, 11) is 0. The van der Waals surface area contributed by atoms with E-state index in [9.17, 15) is 9.59 Å². The fourth-order valence-electron chi connectivity index (χ4n) is 3.68. The van der Waals surface area contributed by atoms with Gasteiger partial charge >= 0.3 is 0 Å². The molecule has 1 atom stereocenters. The van der Waals surface area contributed by atoms with Crippen molar-refractivity contribution in [1.82, 2.24) is 14.9 Å². The molecule has 1 aliphatic heterocycles. The Morgan fingerprint density at radius 2 is 2.16 bits per heavy atom. The fourth-order valence-corrected chi connectivity index (χ4v) is 3.91. The molecule has 0 spiro atoms. The number of H-pyrrole nitrogens is 1. The second kappa shape index (κ2) is 9.49. The molecule has 3 aromatic rings. The number of nitrogens with zero attached hydrogens (tertiary/aromatic N) is 2. The highest BCUT2D eigenvalue weighted by molar-refractivity contribution is 6.30. The molecule has 2 aromatic carbocycles. The fraction of sp³-hybridized carbons (Fsp3) is 0.348. The van der Waals surface area contributed by atoms with E-state index < -0.39 is 0 Å². The van der Waals surface area contributed by atoms with Gasteiger partial charge in [-0.1, -0.05) is 23.7 Å². The van der Waals surface area contributed by atoms with Crippen molar-refractivity contribution in [2.24, 2.45) is 0 Å². The molecule has 0 bridgehead atoms. The average Bonchev–Trinajstić information content (AvgIpc) is 3.26. The minimum absolute atomic E-state index is 0.0339. The van der Waals surface area contributed by atoms with E-state index in [0.717, 1.165) is 18.4 Å². The summed E-state index contributed by atoms with van der Waals surface area (Å²) in [5.74, 6) is 0.824. The van der Waals surface area contributed by atoms with Crippen molar-refractivity contribution < 1.29 is 14.3 Å². The zero-order valence-corrected chi connectivity index (χ0v) is 18.0. The Hall–Kier alpha value is -2.90. The zero-order valence-electron chi connectivity index (χ0n) is 17.3. The van der Waals surface area contributed by atoms with E-state index in [1.165, 1.54) is 0 Å². The van der Waals surface area contributed by atoms with Crippen LogP contribution in [-0.4, -0.2) is 46.6 Å². The second-order valence-corrected chi connectivity index (χ2v) is 8.07. The van der Waals surface area contributed by atoms with Crippen LogP contribution < -0.4 is 10.3 Å². The van der Waals surface area contributed by atoms with Crippen molar-refractivity contribution in [3.8, 4) is 5.75 Å². The number of aromatic nitrogens is 2. The minimum Gasteiger partial charge on any atom is -0.483 e. The summed E-state index contributed by atoms with van der Waals surface area (Å²) >= 11 is 5.99. The van der Waals surface area contributed by atoms with Crippen molar-refractivity contribution >= 4 is 28.4 Å². The van der Waals surface area contributed by atoms with Crippen molar-refractivity contribution in [2.45, 2.75) is 32.4 Å². The first-order valence-electron chi connectivity index (χ1n) is 10.3. The Labute approximate surface area is 185 Å². The first kappa shape index (κ1) is 21.3. The lowest BCUT2D eigenvalue weighted by Crippen LogP contribution is -2.40. The Morgan fingerprint density at radius 3 is 2.94 bits per heavy atom. The Balaban J connectivity index is 1.52. The van der Waals surface area contributed by atoms with E-state index in [1.54, 1.807) is 41.3 Å². The van der Waals surface area contributed by atoms with Gasteiger partial charge in [0.2, 0.25) is 0 Å². The number of rotatable bonds is 7. The molecule has 0 unspecified atom stereocenters. The molecule has 0 radical (unpaired) electrons. The number of amides is 1. The van der Waals surface area contributed by atoms with Gasteiger partial charge < -0.3 is 19.4 Å². The molecule has 162 valence electrons. The van der Waals surface area contributed by atoms with E-state index >= 15 is 0 Å². The first-order chi connectivity index (χ1) is 15.0. The summed E-state index contributed by atoms with van der Waals surface area (Å²) in [6.45, 7) is 3.02. The largest absolute Gasteiger partial charge is 0.483 e. The number of carbonyl (C=O) groups excluding carboxylic acids is 1. The second-order valence-electron chi connectivity index (χ2n) is 7.64. The highest BCUT2D eigenvalue weighted by Gasteiger charge is 2.24. The van der Waals surface area contributed by atoms with Gasteiger partial charge in [-0.25, -0.2) is 4.98 Å². The van der Waals surface area contributed by atoms with Crippen LogP contribution in [-0.2, 0) is 16.1 Å². The number of carbonyl (C=O) groups is 1. The minimum atomic E-state index is -0.224. The van der Waals surface area contributed by atoms with Crippen molar-refractivity contribution in [3.63, 3.8) is 0 Å². The van der Waals surface area contributed by atoms with Gasteiger partial charge in [0.1, 0.15) is 11.6 Å². The third kappa shape index (κ3) is 5.24. The average molecular weight is 442 g/mol. The number of fused-ring (bicyclic) bond motifs is 1. The SMILES string of the molecule is Cc1cc(Cl)ccc1OCC(=O)N(Cc1nc2ccccc2c(=O)[nH]1)C[C@H]1CCCO1. The van der Waals surface area contributed by atoms with E-state index in [2.05, 4.69) is 9.97 Å². The summed E-state index contributed by atoms with van der Waals surface area (Å²) in [4.78, 5) is 34.4. The number of benzene rings is 2. The van der Waals surface area contributed by atoms with Gasteiger partial charge in [-0.2, -0.15) is 0 Å². The lowest BCUT2D eigenvalue weighted by Gasteiger charge is -2.25. The summed E-state index contributed by atoms with van der Waals surface area (Å²) in [5, 5.41) is 1.13. The molecule has 0 aliphatic carbocycles. The molecule has 0 saturated carbocycles. The van der Waals surface area contributed by atoms with Crippen molar-refractivity contribution in [1.29, 1.82) is 0 Å². The van der Waals surface area contributed by atoms with Gasteiger partial charge in [-0.15, -0.1) is 0 Å². The van der Waals surface area contributed by atoms with E-state index in [-0.39, 0.29) is 30.7 Å². The molecule has 1 aliphatic rings. The summed E-state index contributed by atoms with van der Waals surface area (Å²) in [6.07, 6.45) is 1.83. The number of hydrogen-bond acceptors (Lipinski definition) is 5. The van der Waals surface area contributed by atoms with Crippen LogP contribution >= 0.6 is 11.6 Å². The van der Waals surface area contributed by atoms with Gasteiger partial charge in [-0.05, 0) is 55.7 Å². The molecule has 1 N–H and O–H groups in total. The number of halogens is 1. The number of hydrogen-bond donors (Lipinski definition) is 1. The molecule has 1 amide bonds. The molecule has 31 heavy (non-hydrogen) atoms. The number of aryl methyl sites for hydroxylation is 1. The standard InChI is InChI=1S/C23H24ClN3O4/c1-15-11-16(24)8-9-20(15)31-14-22(28)27(12-17-5-4-10-30-17)13-21-25-19-7-3-2-6-18(19)23(29)26-21/h2-3,6-9,11,17H,4-5,10,12-14H2,1H3,(H,25,26,29)/t17-/m1/s1. The number of nitrogens with one attached hydrogen (secondary N) is 1.